The summed E-state index contributed by atoms with van der Waals surface area (Å²) in [5.74, 6) is 0. The molecule has 0 saturated carbocycles. The second-order valence-electron chi connectivity index (χ2n) is 12.9. The van der Waals surface area contributed by atoms with Gasteiger partial charge < -0.3 is 9.32 Å². The van der Waals surface area contributed by atoms with E-state index in [0.29, 0.717) is 0 Å². The first-order valence-electron chi connectivity index (χ1n) is 17.1. The molecule has 2 nitrogen and oxygen atoms in total. The van der Waals surface area contributed by atoms with E-state index >= 15 is 0 Å². The molecule has 2 heteroatoms. The molecule has 9 aromatic rings. The van der Waals surface area contributed by atoms with Gasteiger partial charge >= 0.3 is 0 Å². The van der Waals surface area contributed by atoms with Gasteiger partial charge in [-0.15, -0.1) is 0 Å². The molecule has 0 atom stereocenters. The van der Waals surface area contributed by atoms with E-state index in [1.807, 2.05) is 12.1 Å². The Hall–Kier alpha value is -6.64. The highest BCUT2D eigenvalue weighted by Crippen LogP contribution is 2.44. The van der Waals surface area contributed by atoms with E-state index in [4.69, 9.17) is 4.42 Å². The summed E-state index contributed by atoms with van der Waals surface area (Å²) in [6.45, 7) is 0. The summed E-state index contributed by atoms with van der Waals surface area (Å²) < 4.78 is 6.34. The van der Waals surface area contributed by atoms with Crippen molar-refractivity contribution in [3.63, 3.8) is 0 Å². The maximum atomic E-state index is 6.34. The van der Waals surface area contributed by atoms with Crippen molar-refractivity contribution in [3.05, 3.63) is 187 Å². The lowest BCUT2D eigenvalue weighted by atomic mass is 9.91. The molecule has 0 bridgehead atoms. The average Bonchev–Trinajstić information content (AvgIpc) is 3.79. The molecule has 10 rings (SSSR count). The fourth-order valence-electron chi connectivity index (χ4n) is 7.64. The molecule has 0 amide bonds. The minimum absolute atomic E-state index is 0.877. The third-order valence-electron chi connectivity index (χ3n) is 10.0. The molecule has 1 heterocycles. The van der Waals surface area contributed by atoms with Crippen molar-refractivity contribution < 1.29 is 4.42 Å². The van der Waals surface area contributed by atoms with Crippen LogP contribution < -0.4 is 4.90 Å². The van der Waals surface area contributed by atoms with Gasteiger partial charge in [-0.1, -0.05) is 133 Å². The monoisotopic (exact) mass is 637 g/mol. The van der Waals surface area contributed by atoms with Gasteiger partial charge in [-0.3, -0.25) is 0 Å². The highest BCUT2D eigenvalue weighted by molar-refractivity contribution is 6.14. The van der Waals surface area contributed by atoms with E-state index in [-0.39, 0.29) is 0 Å². The minimum Gasteiger partial charge on any atom is -0.456 e. The van der Waals surface area contributed by atoms with Crippen LogP contribution in [0.25, 0.3) is 78.2 Å². The maximum Gasteiger partial charge on any atom is 0.137 e. The Morgan fingerprint density at radius 3 is 1.70 bits per heavy atom. The van der Waals surface area contributed by atoms with Crippen molar-refractivity contribution in [1.29, 1.82) is 0 Å². The van der Waals surface area contributed by atoms with E-state index < -0.39 is 0 Å². The van der Waals surface area contributed by atoms with Crippen molar-refractivity contribution in [1.82, 2.24) is 0 Å². The number of nitrogens with zero attached hydrogens (tertiary/aromatic N) is 1. The molecule has 1 aromatic heterocycles. The zero-order valence-corrected chi connectivity index (χ0v) is 27.3. The van der Waals surface area contributed by atoms with Crippen molar-refractivity contribution in [2.24, 2.45) is 0 Å². The quantitative estimate of drug-likeness (QED) is 0.180. The molecule has 0 unspecified atom stereocenters. The van der Waals surface area contributed by atoms with Crippen LogP contribution in [-0.4, -0.2) is 0 Å². The van der Waals surface area contributed by atoms with Crippen molar-refractivity contribution >= 4 is 61.9 Å². The van der Waals surface area contributed by atoms with Crippen LogP contribution in [0.4, 0.5) is 17.1 Å². The number of hydrogen-bond donors (Lipinski definition) is 0. The third kappa shape index (κ3) is 4.65. The molecule has 0 fully saturated rings. The van der Waals surface area contributed by atoms with Crippen LogP contribution >= 0.6 is 0 Å². The predicted octanol–water partition coefficient (Wildman–Crippen LogP) is 13.7. The Bertz CT molecular complexity index is 2720. The summed E-state index contributed by atoms with van der Waals surface area (Å²) in [4.78, 5) is 2.35. The highest BCUT2D eigenvalue weighted by Gasteiger charge is 2.20. The number of rotatable bonds is 6. The van der Waals surface area contributed by atoms with Crippen molar-refractivity contribution in [2.45, 2.75) is 0 Å². The van der Waals surface area contributed by atoms with Gasteiger partial charge in [0.15, 0.2) is 0 Å². The number of anilines is 3. The Morgan fingerprint density at radius 1 is 0.360 bits per heavy atom. The molecule has 234 valence electrons. The first kappa shape index (κ1) is 28.4. The van der Waals surface area contributed by atoms with Crippen LogP contribution in [0.5, 0.6) is 0 Å². The second kappa shape index (κ2) is 11.5. The summed E-state index contributed by atoms with van der Waals surface area (Å²) in [5, 5.41) is 4.83. The molecule has 0 aliphatic heterocycles. The number of fused-ring (bicyclic) bond motifs is 3. The number of para-hydroxylation sites is 1. The number of benzene rings is 8. The Morgan fingerprint density at radius 2 is 0.960 bits per heavy atom. The van der Waals surface area contributed by atoms with Crippen LogP contribution in [0.3, 0.4) is 0 Å². The van der Waals surface area contributed by atoms with Crippen LogP contribution in [0, 0.1) is 0 Å². The van der Waals surface area contributed by atoms with Gasteiger partial charge in [0, 0.05) is 16.8 Å². The van der Waals surface area contributed by atoms with Crippen LogP contribution in [-0.2, 0) is 0 Å². The molecule has 1 aliphatic carbocycles. The molecule has 0 saturated heterocycles. The van der Waals surface area contributed by atoms with E-state index in [1.165, 1.54) is 55.3 Å². The number of furan rings is 1. The zero-order chi connectivity index (χ0) is 33.0. The summed E-state index contributed by atoms with van der Waals surface area (Å²) >= 11 is 0. The second-order valence-corrected chi connectivity index (χ2v) is 12.9. The van der Waals surface area contributed by atoms with Gasteiger partial charge in [0.25, 0.3) is 0 Å². The molecule has 0 radical (unpaired) electrons. The lowest BCUT2D eigenvalue weighted by Gasteiger charge is -2.26. The topological polar surface area (TPSA) is 16.4 Å². The Labute approximate surface area is 290 Å². The number of hydrogen-bond acceptors (Lipinski definition) is 2. The summed E-state index contributed by atoms with van der Waals surface area (Å²) in [5.41, 5.74) is 14.8. The normalized spacial score (nSPS) is 11.9. The standard InChI is InChI=1S/C48H31NO/c1-3-10-32(11-4-1)33-20-25-39(26-21-33)49(44-15-9-17-46-48(44)42-14-7-8-16-45(42)50-46)40-27-22-34(23-28-40)38-30-37-19-18-36-24-29-41(43(31-38)47(36)37)35-12-5-2-6-13-35/h1-31H. The van der Waals surface area contributed by atoms with E-state index in [9.17, 15) is 0 Å². The summed E-state index contributed by atoms with van der Waals surface area (Å²) in [6, 6.07) is 63.0. The Balaban J connectivity index is 1.11. The van der Waals surface area contributed by atoms with Crippen LogP contribution in [0.1, 0.15) is 11.1 Å². The van der Waals surface area contributed by atoms with E-state index in [2.05, 4.69) is 181 Å². The first-order chi connectivity index (χ1) is 24.8. The molecule has 50 heavy (non-hydrogen) atoms. The zero-order valence-electron chi connectivity index (χ0n) is 27.3. The van der Waals surface area contributed by atoms with E-state index in [1.54, 1.807) is 0 Å². The molecular formula is C48H31NO. The minimum atomic E-state index is 0.877. The first-order valence-corrected chi connectivity index (χ1v) is 17.1. The van der Waals surface area contributed by atoms with Crippen LogP contribution in [0.2, 0.25) is 0 Å². The fraction of sp³-hybridized carbons (Fsp3) is 0. The van der Waals surface area contributed by atoms with Gasteiger partial charge in [0.05, 0.1) is 11.1 Å². The lowest BCUT2D eigenvalue weighted by molar-refractivity contribution is 0.669. The molecule has 1 aliphatic rings. The largest absolute Gasteiger partial charge is 0.456 e. The molecule has 0 spiro atoms. The lowest BCUT2D eigenvalue weighted by Crippen LogP contribution is -2.10. The SMILES string of the molecule is C1=Cc2cc(-c3ccc(N(c4ccc(-c5ccccc5)cc4)c4cccc5oc6ccccc6c45)cc3)cc3c(-c4ccccc4)ccc1c23. The van der Waals surface area contributed by atoms with Gasteiger partial charge in [-0.2, -0.15) is 0 Å². The highest BCUT2D eigenvalue weighted by atomic mass is 16.3. The predicted molar refractivity (Wildman–Crippen MR) is 211 cm³/mol. The van der Waals surface area contributed by atoms with Gasteiger partial charge in [0.2, 0.25) is 0 Å². The summed E-state index contributed by atoms with van der Waals surface area (Å²) in [6.07, 6.45) is 4.49. The molecule has 8 aromatic carbocycles. The maximum absolute atomic E-state index is 6.34. The fourth-order valence-corrected chi connectivity index (χ4v) is 7.64. The average molecular weight is 638 g/mol. The summed E-state index contributed by atoms with van der Waals surface area (Å²) in [7, 11) is 0. The Kier molecular flexibility index (Phi) is 6.53. The van der Waals surface area contributed by atoms with Crippen molar-refractivity contribution in [2.75, 3.05) is 4.90 Å². The van der Waals surface area contributed by atoms with E-state index in [0.717, 1.165) is 39.0 Å². The van der Waals surface area contributed by atoms with Gasteiger partial charge in [-0.05, 0) is 110 Å². The van der Waals surface area contributed by atoms with Crippen molar-refractivity contribution in [3.8, 4) is 33.4 Å². The van der Waals surface area contributed by atoms with Gasteiger partial charge in [-0.25, -0.2) is 0 Å². The third-order valence-corrected chi connectivity index (χ3v) is 10.0. The molecule has 0 N–H and O–H groups in total. The van der Waals surface area contributed by atoms with Crippen LogP contribution in [0.15, 0.2) is 180 Å². The smallest absolute Gasteiger partial charge is 0.137 e. The van der Waals surface area contributed by atoms with Gasteiger partial charge in [0.1, 0.15) is 11.2 Å². The molecular weight excluding hydrogens is 607 g/mol.